The molecule has 3 aromatic rings. The Morgan fingerprint density at radius 1 is 1.39 bits per heavy atom. The van der Waals surface area contributed by atoms with Crippen molar-refractivity contribution in [2.45, 2.75) is 32.2 Å². The number of aromatic amines is 1. The Labute approximate surface area is 139 Å². The highest BCUT2D eigenvalue weighted by Crippen LogP contribution is 2.42. The quantitative estimate of drug-likeness (QED) is 0.722. The van der Waals surface area contributed by atoms with Crippen LogP contribution in [0.25, 0.3) is 11.5 Å². The molecule has 0 unspecified atom stereocenters. The lowest BCUT2D eigenvalue weighted by Gasteiger charge is -2.11. The first-order valence-corrected chi connectivity index (χ1v) is 8.07. The van der Waals surface area contributed by atoms with E-state index in [-0.39, 0.29) is 0 Å². The number of nitrogens with zero attached hydrogens (tertiary/aromatic N) is 2. The van der Waals surface area contributed by atoms with Crippen LogP contribution in [-0.2, 0) is 6.54 Å². The predicted octanol–water partition coefficient (Wildman–Crippen LogP) is 4.52. The van der Waals surface area contributed by atoms with Crippen LogP contribution in [0.15, 0.2) is 35.1 Å². The number of rotatable bonds is 5. The van der Waals surface area contributed by atoms with Gasteiger partial charge in [-0.15, -0.1) is 0 Å². The minimum Gasteiger partial charge on any atom is -0.445 e. The van der Waals surface area contributed by atoms with Gasteiger partial charge < -0.3 is 9.73 Å². The van der Waals surface area contributed by atoms with Crippen LogP contribution in [0.4, 0.5) is 5.69 Å². The average molecular weight is 329 g/mol. The molecule has 0 aliphatic heterocycles. The number of nitrogens with one attached hydrogen (secondary N) is 2. The van der Waals surface area contributed by atoms with Crippen LogP contribution in [0.5, 0.6) is 0 Å². The van der Waals surface area contributed by atoms with E-state index < -0.39 is 0 Å². The third-order valence-electron chi connectivity index (χ3n) is 4.21. The molecule has 0 radical (unpaired) electrons. The molecule has 1 saturated carbocycles. The van der Waals surface area contributed by atoms with Crippen LogP contribution in [0.2, 0.25) is 5.15 Å². The van der Waals surface area contributed by atoms with Crippen molar-refractivity contribution in [3.8, 4) is 11.5 Å². The monoisotopic (exact) mass is 328 g/mol. The summed E-state index contributed by atoms with van der Waals surface area (Å²) in [6.45, 7) is 2.72. The summed E-state index contributed by atoms with van der Waals surface area (Å²) in [5.41, 5.74) is 5.38. The number of hydrogen-bond donors (Lipinski definition) is 2. The van der Waals surface area contributed by atoms with Crippen LogP contribution >= 0.6 is 11.6 Å². The van der Waals surface area contributed by atoms with E-state index in [0.29, 0.717) is 23.5 Å². The van der Waals surface area contributed by atoms with E-state index in [1.54, 1.807) is 12.5 Å². The van der Waals surface area contributed by atoms with Gasteiger partial charge >= 0.3 is 0 Å². The van der Waals surface area contributed by atoms with E-state index in [1.807, 2.05) is 12.1 Å². The Balaban J connectivity index is 1.57. The second kappa shape index (κ2) is 5.74. The molecule has 2 aromatic heterocycles. The van der Waals surface area contributed by atoms with Crippen LogP contribution in [0.3, 0.4) is 0 Å². The topological polar surface area (TPSA) is 66.7 Å². The Morgan fingerprint density at radius 3 is 3.00 bits per heavy atom. The fraction of sp³-hybridized carbons (Fsp3) is 0.294. The summed E-state index contributed by atoms with van der Waals surface area (Å²) in [6, 6.07) is 6.11. The number of aryl methyl sites for hydroxylation is 1. The molecular weight excluding hydrogens is 312 g/mol. The smallest absolute Gasteiger partial charge is 0.225 e. The highest BCUT2D eigenvalue weighted by Gasteiger charge is 2.29. The molecule has 5 nitrogen and oxygen atoms in total. The molecule has 1 aromatic carbocycles. The molecule has 0 atom stereocenters. The molecule has 1 aliphatic rings. The van der Waals surface area contributed by atoms with Crippen molar-refractivity contribution in [1.29, 1.82) is 0 Å². The number of H-pyrrole nitrogens is 1. The zero-order valence-electron chi connectivity index (χ0n) is 12.8. The van der Waals surface area contributed by atoms with Gasteiger partial charge in [0.2, 0.25) is 5.89 Å². The fourth-order valence-electron chi connectivity index (χ4n) is 2.73. The van der Waals surface area contributed by atoms with Crippen molar-refractivity contribution in [3.63, 3.8) is 0 Å². The molecule has 2 heterocycles. The Morgan fingerprint density at radius 2 is 2.26 bits per heavy atom. The van der Waals surface area contributed by atoms with Gasteiger partial charge in [0.25, 0.3) is 0 Å². The van der Waals surface area contributed by atoms with E-state index in [4.69, 9.17) is 16.0 Å². The van der Waals surface area contributed by atoms with E-state index in [0.717, 1.165) is 22.4 Å². The molecule has 0 spiro atoms. The number of benzene rings is 1. The van der Waals surface area contributed by atoms with Gasteiger partial charge in [-0.05, 0) is 37.5 Å². The van der Waals surface area contributed by atoms with Crippen LogP contribution < -0.4 is 5.32 Å². The lowest BCUT2D eigenvalue weighted by Crippen LogP contribution is -2.03. The minimum atomic E-state index is 0.556. The van der Waals surface area contributed by atoms with Gasteiger partial charge in [0, 0.05) is 35.0 Å². The minimum absolute atomic E-state index is 0.556. The first-order chi connectivity index (χ1) is 11.2. The number of hydrogen-bond acceptors (Lipinski definition) is 4. The largest absolute Gasteiger partial charge is 0.445 e. The van der Waals surface area contributed by atoms with Crippen molar-refractivity contribution in [1.82, 2.24) is 15.2 Å². The fourth-order valence-corrected chi connectivity index (χ4v) is 2.94. The second-order valence-electron chi connectivity index (χ2n) is 5.90. The van der Waals surface area contributed by atoms with E-state index >= 15 is 0 Å². The lowest BCUT2D eigenvalue weighted by atomic mass is 10.1. The molecule has 0 bridgehead atoms. The molecule has 2 N–H and O–H groups in total. The van der Waals surface area contributed by atoms with Crippen LogP contribution in [0.1, 0.15) is 35.6 Å². The van der Waals surface area contributed by atoms with Gasteiger partial charge in [0.15, 0.2) is 5.15 Å². The maximum atomic E-state index is 6.23. The zero-order chi connectivity index (χ0) is 15.8. The van der Waals surface area contributed by atoms with Crippen molar-refractivity contribution >= 4 is 17.3 Å². The maximum Gasteiger partial charge on any atom is 0.225 e. The number of oxazole rings is 1. The molecule has 1 aliphatic carbocycles. The lowest BCUT2D eigenvalue weighted by molar-refractivity contribution is 0.574. The van der Waals surface area contributed by atoms with Crippen molar-refractivity contribution < 1.29 is 4.42 Å². The highest BCUT2D eigenvalue weighted by molar-refractivity contribution is 6.30. The third-order valence-corrected chi connectivity index (χ3v) is 4.52. The SMILES string of the molecule is Cc1ccc(-c2ncco2)cc1NCc1c(Cl)n[nH]c1C1CC1. The standard InChI is InChI=1S/C17H17ClN4O/c1-10-2-3-12(17-19-6-7-23-17)8-14(10)20-9-13-15(11-4-5-11)21-22-16(13)18/h2-3,6-8,11,20H,4-5,9H2,1H3,(H,21,22). The molecule has 118 valence electrons. The molecule has 23 heavy (non-hydrogen) atoms. The summed E-state index contributed by atoms with van der Waals surface area (Å²) in [5.74, 6) is 1.21. The van der Waals surface area contributed by atoms with Crippen LogP contribution in [-0.4, -0.2) is 15.2 Å². The number of anilines is 1. The van der Waals surface area contributed by atoms with Gasteiger partial charge in [0.05, 0.1) is 6.20 Å². The number of aromatic nitrogens is 3. The summed E-state index contributed by atoms with van der Waals surface area (Å²) in [6.07, 6.45) is 5.65. The summed E-state index contributed by atoms with van der Waals surface area (Å²) in [4.78, 5) is 4.20. The predicted molar refractivity (Wildman–Crippen MR) is 89.6 cm³/mol. The summed E-state index contributed by atoms with van der Waals surface area (Å²) in [7, 11) is 0. The Bertz CT molecular complexity index is 821. The second-order valence-corrected chi connectivity index (χ2v) is 6.26. The Kier molecular flexibility index (Phi) is 3.58. The van der Waals surface area contributed by atoms with Gasteiger partial charge in [-0.3, -0.25) is 5.10 Å². The Hall–Kier alpha value is -2.27. The molecule has 0 amide bonds. The zero-order valence-corrected chi connectivity index (χ0v) is 13.5. The molecule has 0 saturated heterocycles. The summed E-state index contributed by atoms with van der Waals surface area (Å²) in [5, 5.41) is 11.2. The molecule has 4 rings (SSSR count). The molecular formula is C17H17ClN4O. The van der Waals surface area contributed by atoms with E-state index in [1.165, 1.54) is 18.5 Å². The summed E-state index contributed by atoms with van der Waals surface area (Å²) >= 11 is 6.23. The van der Waals surface area contributed by atoms with Crippen molar-refractivity contribution in [2.24, 2.45) is 0 Å². The highest BCUT2D eigenvalue weighted by atomic mass is 35.5. The maximum absolute atomic E-state index is 6.23. The number of halogens is 1. The van der Waals surface area contributed by atoms with E-state index in [2.05, 4.69) is 33.5 Å². The normalized spacial score (nSPS) is 14.2. The van der Waals surface area contributed by atoms with Crippen LogP contribution in [0, 0.1) is 6.92 Å². The van der Waals surface area contributed by atoms with E-state index in [9.17, 15) is 0 Å². The molecule has 6 heteroatoms. The van der Waals surface area contributed by atoms with Gasteiger partial charge in [-0.1, -0.05) is 17.7 Å². The molecule has 1 fully saturated rings. The van der Waals surface area contributed by atoms with Gasteiger partial charge in [-0.2, -0.15) is 5.10 Å². The van der Waals surface area contributed by atoms with Crippen molar-refractivity contribution in [2.75, 3.05) is 5.32 Å². The first-order valence-electron chi connectivity index (χ1n) is 7.69. The third kappa shape index (κ3) is 2.84. The average Bonchev–Trinajstić information content (AvgIpc) is 3.11. The van der Waals surface area contributed by atoms with Crippen molar-refractivity contribution in [3.05, 3.63) is 52.6 Å². The van der Waals surface area contributed by atoms with Gasteiger partial charge in [0.1, 0.15) is 6.26 Å². The first kappa shape index (κ1) is 14.3. The summed E-state index contributed by atoms with van der Waals surface area (Å²) < 4.78 is 5.37. The van der Waals surface area contributed by atoms with Gasteiger partial charge in [-0.25, -0.2) is 4.98 Å².